The largest absolute Gasteiger partial charge is 0.435 e. The third-order valence-electron chi connectivity index (χ3n) is 4.23. The van der Waals surface area contributed by atoms with E-state index in [0.29, 0.717) is 10.4 Å². The highest BCUT2D eigenvalue weighted by atomic mass is 32.2. The first-order valence-corrected chi connectivity index (χ1v) is 10.0. The van der Waals surface area contributed by atoms with Crippen molar-refractivity contribution in [3.8, 4) is 11.3 Å². The van der Waals surface area contributed by atoms with Crippen LogP contribution < -0.4 is 9.73 Å². The third kappa shape index (κ3) is 4.37. The summed E-state index contributed by atoms with van der Waals surface area (Å²) in [4.78, 5) is 4.55. The molecule has 1 heterocycles. The maximum absolute atomic E-state index is 13.2. The first-order valence-electron chi connectivity index (χ1n) is 8.52. The van der Waals surface area contributed by atoms with Crippen LogP contribution in [-0.2, 0) is 16.2 Å². The quantitative estimate of drug-likeness (QED) is 0.675. The molecule has 1 aromatic heterocycles. The molecule has 0 aliphatic rings. The van der Waals surface area contributed by atoms with E-state index < -0.39 is 21.9 Å². The van der Waals surface area contributed by atoms with Gasteiger partial charge in [-0.2, -0.15) is 31.2 Å². The molecule has 10 heteroatoms. The second kappa shape index (κ2) is 7.43. The molecule has 1 N–H and O–H groups in total. The fourth-order valence-electron chi connectivity index (χ4n) is 2.88. The van der Waals surface area contributed by atoms with E-state index in [2.05, 4.69) is 9.93 Å². The molecule has 0 bridgehead atoms. The predicted molar refractivity (Wildman–Crippen MR) is 105 cm³/mol. The van der Waals surface area contributed by atoms with Crippen molar-refractivity contribution >= 4 is 15.7 Å². The van der Waals surface area contributed by atoms with Gasteiger partial charge >= 0.3 is 6.18 Å². The van der Waals surface area contributed by atoms with Crippen molar-refractivity contribution in [1.29, 1.82) is 0 Å². The van der Waals surface area contributed by atoms with E-state index in [4.69, 9.17) is 0 Å². The lowest BCUT2D eigenvalue weighted by atomic mass is 10.1. The Kier molecular flexibility index (Phi) is 5.31. The Bertz CT molecular complexity index is 1120. The summed E-state index contributed by atoms with van der Waals surface area (Å²) in [6.45, 7) is 1.82. The highest BCUT2D eigenvalue weighted by Gasteiger charge is 2.35. The Hall–Kier alpha value is -3.01. The van der Waals surface area contributed by atoms with Gasteiger partial charge in [-0.1, -0.05) is 24.3 Å². The van der Waals surface area contributed by atoms with Crippen LogP contribution in [0.2, 0.25) is 0 Å². The van der Waals surface area contributed by atoms with Crippen molar-refractivity contribution in [3.05, 3.63) is 65.9 Å². The summed E-state index contributed by atoms with van der Waals surface area (Å²) in [6.07, 6.45) is -4.73. The van der Waals surface area contributed by atoms with Crippen LogP contribution in [0.25, 0.3) is 11.3 Å². The van der Waals surface area contributed by atoms with Gasteiger partial charge in [-0.15, -0.1) is 5.10 Å². The monoisotopic (exact) mass is 424 g/mol. The molecule has 0 spiro atoms. The van der Waals surface area contributed by atoms with Gasteiger partial charge < -0.3 is 4.90 Å². The fraction of sp³-hybridized carbons (Fsp3) is 0.211. The minimum absolute atomic E-state index is 0.0229. The Morgan fingerprint density at radius 1 is 1.03 bits per heavy atom. The van der Waals surface area contributed by atoms with Gasteiger partial charge in [0, 0.05) is 25.3 Å². The normalized spacial score (nSPS) is 12.1. The van der Waals surface area contributed by atoms with Crippen LogP contribution in [0.3, 0.4) is 0 Å². The molecule has 0 saturated heterocycles. The van der Waals surface area contributed by atoms with Crippen LogP contribution in [0, 0.1) is 6.92 Å². The molecule has 0 saturated carbocycles. The molecule has 0 fully saturated rings. The molecule has 0 aliphatic carbocycles. The van der Waals surface area contributed by atoms with E-state index >= 15 is 0 Å². The summed E-state index contributed by atoms with van der Waals surface area (Å²) < 4.78 is 64.9. The van der Waals surface area contributed by atoms with Crippen LogP contribution in [0.5, 0.6) is 0 Å². The summed E-state index contributed by atoms with van der Waals surface area (Å²) >= 11 is 0. The van der Waals surface area contributed by atoms with E-state index in [0.717, 1.165) is 17.3 Å². The molecular formula is C19H19F3N4O2S. The smallest absolute Gasteiger partial charge is 0.377 e. The highest BCUT2D eigenvalue weighted by Crippen LogP contribution is 2.33. The molecular weight excluding hydrogens is 405 g/mol. The van der Waals surface area contributed by atoms with Crippen molar-refractivity contribution in [1.82, 2.24) is 9.89 Å². The van der Waals surface area contributed by atoms with Crippen molar-refractivity contribution in [3.63, 3.8) is 0 Å². The van der Waals surface area contributed by atoms with Gasteiger partial charge in [-0.3, -0.25) is 0 Å². The summed E-state index contributed by atoms with van der Waals surface area (Å²) in [5.74, 6) is 0. The van der Waals surface area contributed by atoms with E-state index in [1.807, 2.05) is 25.9 Å². The number of halogens is 3. The number of sulfonamides is 1. The number of nitrogens with zero attached hydrogens (tertiary/aromatic N) is 3. The lowest BCUT2D eigenvalue weighted by Crippen LogP contribution is -2.25. The number of rotatable bonds is 5. The Balaban J connectivity index is 2.10. The van der Waals surface area contributed by atoms with Crippen LogP contribution in [0.15, 0.2) is 59.5 Å². The van der Waals surface area contributed by atoms with Crippen molar-refractivity contribution < 1.29 is 21.6 Å². The average Bonchev–Trinajstić information content (AvgIpc) is 3.05. The van der Waals surface area contributed by atoms with Crippen LogP contribution in [-0.4, -0.2) is 32.4 Å². The van der Waals surface area contributed by atoms with Crippen molar-refractivity contribution in [2.45, 2.75) is 18.0 Å². The fourth-order valence-corrected chi connectivity index (χ4v) is 3.87. The summed E-state index contributed by atoms with van der Waals surface area (Å²) in [7, 11) is -0.434. The predicted octanol–water partition coefficient (Wildman–Crippen LogP) is 3.88. The molecule has 0 unspecified atom stereocenters. The lowest BCUT2D eigenvalue weighted by Gasteiger charge is -2.17. The average molecular weight is 424 g/mol. The Morgan fingerprint density at radius 3 is 2.24 bits per heavy atom. The minimum atomic E-state index is -4.73. The first kappa shape index (κ1) is 20.7. The van der Waals surface area contributed by atoms with Crippen molar-refractivity contribution in [2.24, 2.45) is 0 Å². The molecule has 6 nitrogen and oxygen atoms in total. The number of aromatic nitrogens is 2. The number of anilines is 1. The molecule has 3 rings (SSSR count). The van der Waals surface area contributed by atoms with Crippen LogP contribution in [0.1, 0.15) is 11.3 Å². The second-order valence-corrected chi connectivity index (χ2v) is 8.29. The molecule has 0 atom stereocenters. The Labute approximate surface area is 166 Å². The van der Waals surface area contributed by atoms with E-state index in [9.17, 15) is 21.6 Å². The van der Waals surface area contributed by atoms with Crippen LogP contribution >= 0.6 is 0 Å². The molecule has 0 aliphatic heterocycles. The van der Waals surface area contributed by atoms with Crippen LogP contribution in [0.4, 0.5) is 18.9 Å². The standard InChI is InChI=1S/C19H19F3N4O2S/c1-13-11-14(9-10-16(13)25(2)3)17-12-18(19(20,21)22)23-26(17)24-29(27,28)15-7-5-4-6-8-15/h4-12,24H,1-3H3. The number of aryl methyl sites for hydroxylation is 1. The van der Waals surface area contributed by atoms with Gasteiger partial charge in [0.2, 0.25) is 0 Å². The molecule has 2 aromatic carbocycles. The molecule has 29 heavy (non-hydrogen) atoms. The number of nitrogens with one attached hydrogen (secondary N) is 1. The maximum atomic E-state index is 13.2. The maximum Gasteiger partial charge on any atom is 0.435 e. The zero-order chi connectivity index (χ0) is 21.4. The second-order valence-electron chi connectivity index (χ2n) is 6.63. The highest BCUT2D eigenvalue weighted by molar-refractivity contribution is 7.92. The van der Waals surface area contributed by atoms with E-state index in [1.54, 1.807) is 24.3 Å². The van der Waals surface area contributed by atoms with E-state index in [-0.39, 0.29) is 10.6 Å². The lowest BCUT2D eigenvalue weighted by molar-refractivity contribution is -0.141. The summed E-state index contributed by atoms with van der Waals surface area (Å²) in [5, 5.41) is 3.45. The first-order chi connectivity index (χ1) is 13.5. The van der Waals surface area contributed by atoms with Gasteiger partial charge in [0.15, 0.2) is 5.69 Å². The molecule has 0 radical (unpaired) electrons. The van der Waals surface area contributed by atoms with Crippen molar-refractivity contribution in [2.75, 3.05) is 23.8 Å². The molecule has 154 valence electrons. The molecule has 0 amide bonds. The Morgan fingerprint density at radius 2 is 1.69 bits per heavy atom. The number of benzene rings is 2. The SMILES string of the molecule is Cc1cc(-c2cc(C(F)(F)F)nn2NS(=O)(=O)c2ccccc2)ccc1N(C)C. The van der Waals surface area contributed by atoms with Gasteiger partial charge in [-0.25, -0.2) is 0 Å². The number of alkyl halides is 3. The number of hydrogen-bond donors (Lipinski definition) is 1. The third-order valence-corrected chi connectivity index (χ3v) is 5.54. The zero-order valence-electron chi connectivity index (χ0n) is 15.9. The summed E-state index contributed by atoms with van der Waals surface area (Å²) in [6, 6.07) is 13.2. The van der Waals surface area contributed by atoms with Gasteiger partial charge in [0.1, 0.15) is 0 Å². The topological polar surface area (TPSA) is 67.2 Å². The minimum Gasteiger partial charge on any atom is -0.377 e. The molecule has 3 aromatic rings. The van der Waals surface area contributed by atoms with E-state index in [1.165, 1.54) is 24.3 Å². The van der Waals surface area contributed by atoms with Gasteiger partial charge in [0.05, 0.1) is 10.6 Å². The number of hydrogen-bond acceptors (Lipinski definition) is 4. The van der Waals surface area contributed by atoms with Gasteiger partial charge in [-0.05, 0) is 42.8 Å². The zero-order valence-corrected chi connectivity index (χ0v) is 16.7. The summed E-state index contributed by atoms with van der Waals surface area (Å²) in [5.41, 5.74) is 0.884. The van der Waals surface area contributed by atoms with Gasteiger partial charge in [0.25, 0.3) is 10.0 Å².